The molecule has 15 heavy (non-hydrogen) atoms. The van der Waals surface area contributed by atoms with Gasteiger partial charge in [-0.2, -0.15) is 0 Å². The molecule has 82 valence electrons. The van der Waals surface area contributed by atoms with E-state index in [1.165, 1.54) is 0 Å². The van der Waals surface area contributed by atoms with E-state index in [4.69, 9.17) is 14.6 Å². The third-order valence-electron chi connectivity index (χ3n) is 1.75. The molecule has 0 unspecified atom stereocenters. The minimum atomic E-state index is -0.745. The van der Waals surface area contributed by atoms with Crippen molar-refractivity contribution in [1.82, 2.24) is 0 Å². The molecule has 1 aromatic carbocycles. The Morgan fingerprint density at radius 1 is 1.27 bits per heavy atom. The zero-order valence-electron chi connectivity index (χ0n) is 8.60. The average Bonchev–Trinajstić information content (AvgIpc) is 2.30. The van der Waals surface area contributed by atoms with Gasteiger partial charge in [0, 0.05) is 6.42 Å². The molecule has 0 spiro atoms. The van der Waals surface area contributed by atoms with Gasteiger partial charge in [0.05, 0.1) is 0 Å². The Bertz CT molecular complexity index is 297. The van der Waals surface area contributed by atoms with Gasteiger partial charge in [0.15, 0.2) is 11.5 Å². The largest absolute Gasteiger partial charge is 0.486 e. The molecule has 0 atom stereocenters. The van der Waals surface area contributed by atoms with Gasteiger partial charge in [0.1, 0.15) is 13.2 Å². The summed E-state index contributed by atoms with van der Waals surface area (Å²) in [6, 6.07) is 7.70. The summed E-state index contributed by atoms with van der Waals surface area (Å²) < 4.78 is 10.6. The fourth-order valence-corrected chi connectivity index (χ4v) is 0.992. The van der Waals surface area contributed by atoms with Gasteiger partial charge in [-0.1, -0.05) is 19.1 Å². The van der Waals surface area contributed by atoms with Crippen LogP contribution in [0.15, 0.2) is 24.3 Å². The van der Waals surface area contributed by atoms with Gasteiger partial charge in [-0.3, -0.25) is 4.79 Å². The van der Waals surface area contributed by atoms with E-state index in [1.807, 2.05) is 24.3 Å². The summed E-state index contributed by atoms with van der Waals surface area (Å²) in [5.74, 6) is 0.965. The molecule has 1 aliphatic rings. The van der Waals surface area contributed by atoms with Gasteiger partial charge in [0.25, 0.3) is 0 Å². The van der Waals surface area contributed by atoms with E-state index in [2.05, 4.69) is 0 Å². The van der Waals surface area contributed by atoms with Crippen LogP contribution < -0.4 is 9.47 Å². The predicted molar refractivity (Wildman–Crippen MR) is 55.4 cm³/mol. The van der Waals surface area contributed by atoms with Crippen molar-refractivity contribution < 1.29 is 19.4 Å². The number of hydrogen-bond acceptors (Lipinski definition) is 3. The highest BCUT2D eigenvalue weighted by atomic mass is 16.6. The molecule has 4 heteroatoms. The first kappa shape index (κ1) is 11.4. The van der Waals surface area contributed by atoms with Crippen LogP contribution in [-0.2, 0) is 4.79 Å². The standard InChI is InChI=1S/C8H8O2.C3H6O2/c1-2-4-8-7(3-1)9-5-6-10-8;1-2-3(4)5/h1-4H,5-6H2;2H2,1H3,(H,4,5). The zero-order chi connectivity index (χ0) is 11.1. The fraction of sp³-hybridized carbons (Fsp3) is 0.364. The second-order valence-electron chi connectivity index (χ2n) is 2.89. The summed E-state index contributed by atoms with van der Waals surface area (Å²) in [6.45, 7) is 2.93. The number of carboxylic acids is 1. The predicted octanol–water partition coefficient (Wildman–Crippen LogP) is 1.94. The van der Waals surface area contributed by atoms with Crippen LogP contribution in [0.25, 0.3) is 0 Å². The molecule has 1 heterocycles. The molecule has 1 aliphatic heterocycles. The maximum absolute atomic E-state index is 9.37. The topological polar surface area (TPSA) is 55.8 Å². The lowest BCUT2D eigenvalue weighted by molar-refractivity contribution is -0.136. The van der Waals surface area contributed by atoms with E-state index >= 15 is 0 Å². The molecular weight excluding hydrogens is 196 g/mol. The van der Waals surface area contributed by atoms with Crippen molar-refractivity contribution in [3.8, 4) is 11.5 Å². The number of para-hydroxylation sites is 2. The van der Waals surface area contributed by atoms with E-state index in [0.29, 0.717) is 13.2 Å². The number of ether oxygens (including phenoxy) is 2. The molecule has 0 saturated carbocycles. The number of aliphatic carboxylic acids is 1. The molecule has 0 bridgehead atoms. The lowest BCUT2D eigenvalue weighted by Gasteiger charge is -2.17. The number of carboxylic acid groups (broad SMARTS) is 1. The normalized spacial score (nSPS) is 12.3. The Kier molecular flexibility index (Phi) is 4.47. The molecule has 1 aromatic rings. The number of hydrogen-bond donors (Lipinski definition) is 1. The summed E-state index contributed by atoms with van der Waals surface area (Å²) in [7, 11) is 0. The molecule has 1 N–H and O–H groups in total. The van der Waals surface area contributed by atoms with Crippen molar-refractivity contribution in [1.29, 1.82) is 0 Å². The molecule has 0 fully saturated rings. The van der Waals surface area contributed by atoms with E-state index in [-0.39, 0.29) is 6.42 Å². The molecular formula is C11H14O4. The smallest absolute Gasteiger partial charge is 0.303 e. The van der Waals surface area contributed by atoms with Gasteiger partial charge in [-0.25, -0.2) is 0 Å². The van der Waals surface area contributed by atoms with Crippen LogP contribution in [0.2, 0.25) is 0 Å². The minimum Gasteiger partial charge on any atom is -0.486 e. The monoisotopic (exact) mass is 210 g/mol. The van der Waals surface area contributed by atoms with E-state index in [1.54, 1.807) is 6.92 Å². The molecule has 0 aromatic heterocycles. The van der Waals surface area contributed by atoms with Crippen molar-refractivity contribution in [2.45, 2.75) is 13.3 Å². The van der Waals surface area contributed by atoms with Crippen LogP contribution in [0.4, 0.5) is 0 Å². The summed E-state index contributed by atoms with van der Waals surface area (Å²) in [5.41, 5.74) is 0. The molecule has 0 radical (unpaired) electrons. The minimum absolute atomic E-state index is 0.222. The lowest BCUT2D eigenvalue weighted by Crippen LogP contribution is -2.14. The zero-order valence-corrected chi connectivity index (χ0v) is 8.60. The van der Waals surface area contributed by atoms with Crippen molar-refractivity contribution in [2.24, 2.45) is 0 Å². The van der Waals surface area contributed by atoms with Crippen molar-refractivity contribution >= 4 is 5.97 Å². The first-order valence-corrected chi connectivity index (χ1v) is 4.80. The van der Waals surface area contributed by atoms with Crippen LogP contribution in [-0.4, -0.2) is 24.3 Å². The number of carbonyl (C=O) groups is 1. The van der Waals surface area contributed by atoms with Crippen LogP contribution in [0, 0.1) is 0 Å². The third-order valence-corrected chi connectivity index (χ3v) is 1.75. The van der Waals surface area contributed by atoms with E-state index in [9.17, 15) is 4.79 Å². The maximum atomic E-state index is 9.37. The van der Waals surface area contributed by atoms with Crippen molar-refractivity contribution in [3.63, 3.8) is 0 Å². The molecule has 2 rings (SSSR count). The van der Waals surface area contributed by atoms with Gasteiger partial charge in [0.2, 0.25) is 0 Å². The summed E-state index contributed by atoms with van der Waals surface area (Å²) in [4.78, 5) is 9.37. The highest BCUT2D eigenvalue weighted by Gasteiger charge is 2.07. The SMILES string of the molecule is CCC(=O)O.c1ccc2c(c1)OCCO2. The number of fused-ring (bicyclic) bond motifs is 1. The Morgan fingerprint density at radius 3 is 2.00 bits per heavy atom. The number of benzene rings is 1. The van der Waals surface area contributed by atoms with Crippen molar-refractivity contribution in [3.05, 3.63) is 24.3 Å². The van der Waals surface area contributed by atoms with Crippen LogP contribution >= 0.6 is 0 Å². The first-order valence-electron chi connectivity index (χ1n) is 4.80. The Morgan fingerprint density at radius 2 is 1.67 bits per heavy atom. The molecule has 0 saturated heterocycles. The van der Waals surface area contributed by atoms with Crippen LogP contribution in [0.1, 0.15) is 13.3 Å². The lowest BCUT2D eigenvalue weighted by atomic mass is 10.3. The second-order valence-corrected chi connectivity index (χ2v) is 2.89. The number of rotatable bonds is 1. The Balaban J connectivity index is 0.000000195. The van der Waals surface area contributed by atoms with E-state index < -0.39 is 5.97 Å². The highest BCUT2D eigenvalue weighted by Crippen LogP contribution is 2.28. The first-order chi connectivity index (χ1) is 7.24. The summed E-state index contributed by atoms with van der Waals surface area (Å²) >= 11 is 0. The maximum Gasteiger partial charge on any atom is 0.303 e. The highest BCUT2D eigenvalue weighted by molar-refractivity contribution is 5.66. The van der Waals surface area contributed by atoms with Gasteiger partial charge < -0.3 is 14.6 Å². The summed E-state index contributed by atoms with van der Waals surface area (Å²) in [5, 5.41) is 7.72. The molecule has 0 aliphatic carbocycles. The summed E-state index contributed by atoms with van der Waals surface area (Å²) in [6.07, 6.45) is 0.222. The van der Waals surface area contributed by atoms with Crippen LogP contribution in [0.5, 0.6) is 11.5 Å². The molecule has 0 amide bonds. The molecule has 4 nitrogen and oxygen atoms in total. The fourth-order valence-electron chi connectivity index (χ4n) is 0.992. The van der Waals surface area contributed by atoms with Gasteiger partial charge in [-0.05, 0) is 12.1 Å². The van der Waals surface area contributed by atoms with Gasteiger partial charge in [-0.15, -0.1) is 0 Å². The third kappa shape index (κ3) is 3.89. The van der Waals surface area contributed by atoms with E-state index in [0.717, 1.165) is 11.5 Å². The average molecular weight is 210 g/mol. The van der Waals surface area contributed by atoms with Gasteiger partial charge >= 0.3 is 5.97 Å². The Labute approximate surface area is 88.4 Å². The second kappa shape index (κ2) is 5.90. The van der Waals surface area contributed by atoms with Crippen LogP contribution in [0.3, 0.4) is 0 Å². The van der Waals surface area contributed by atoms with Crippen molar-refractivity contribution in [2.75, 3.05) is 13.2 Å². The Hall–Kier alpha value is -1.71. The quantitative estimate of drug-likeness (QED) is 0.769.